The zero-order valence-corrected chi connectivity index (χ0v) is 18.5. The zero-order chi connectivity index (χ0) is 21.8. The molecule has 0 radical (unpaired) electrons. The number of aliphatic hydroxyl groups is 1. The van der Waals surface area contributed by atoms with Gasteiger partial charge in [-0.15, -0.1) is 0 Å². The van der Waals surface area contributed by atoms with Crippen molar-refractivity contribution in [3.05, 3.63) is 52.8 Å². The summed E-state index contributed by atoms with van der Waals surface area (Å²) in [7, 11) is -0.583. The maximum absolute atomic E-state index is 13.7. The van der Waals surface area contributed by atoms with Crippen LogP contribution in [0.1, 0.15) is 58.2 Å². The molecule has 0 atom stereocenters. The van der Waals surface area contributed by atoms with Gasteiger partial charge in [-0.1, -0.05) is 6.07 Å². The molecule has 2 aromatic rings. The minimum absolute atomic E-state index is 0.296. The topological polar surface area (TPSA) is 47.9 Å². The summed E-state index contributed by atoms with van der Waals surface area (Å²) in [5.41, 5.74) is 0.806. The number of benzene rings is 2. The molecule has 6 heteroatoms. The largest absolute Gasteiger partial charge is 0.494 e. The zero-order valence-electron chi connectivity index (χ0n) is 18.5. The van der Waals surface area contributed by atoms with E-state index in [1.165, 1.54) is 12.1 Å². The lowest BCUT2D eigenvalue weighted by molar-refractivity contribution is 0.00578. The first-order valence-corrected chi connectivity index (χ1v) is 9.88. The number of aryl methyl sites for hydroxylation is 2. The average Bonchev–Trinajstić information content (AvgIpc) is 2.78. The Labute approximate surface area is 173 Å². The normalized spacial score (nSPS) is 18.2. The van der Waals surface area contributed by atoms with E-state index in [1.807, 2.05) is 39.8 Å². The molecule has 1 aliphatic rings. The maximum atomic E-state index is 13.7. The summed E-state index contributed by atoms with van der Waals surface area (Å²) in [4.78, 5) is 0. The first-order valence-electron chi connectivity index (χ1n) is 9.88. The number of halogens is 1. The number of rotatable bonds is 4. The molecule has 0 unspecified atom stereocenters. The van der Waals surface area contributed by atoms with Gasteiger partial charge in [0.05, 0.1) is 16.8 Å². The van der Waals surface area contributed by atoms with Crippen LogP contribution in [0.25, 0.3) is 0 Å². The van der Waals surface area contributed by atoms with Crippen LogP contribution in [-0.2, 0) is 14.9 Å². The van der Waals surface area contributed by atoms with Gasteiger partial charge in [0.15, 0.2) is 0 Å². The molecule has 0 aromatic heterocycles. The molecule has 0 spiro atoms. The molecule has 1 fully saturated rings. The molecular weight excluding hydrogens is 370 g/mol. The van der Waals surface area contributed by atoms with Gasteiger partial charge in [-0.25, -0.2) is 4.39 Å². The van der Waals surface area contributed by atoms with Crippen LogP contribution in [0.5, 0.6) is 11.5 Å². The van der Waals surface area contributed by atoms with Gasteiger partial charge in [-0.2, -0.15) is 0 Å². The molecule has 0 bridgehead atoms. The van der Waals surface area contributed by atoms with E-state index in [0.29, 0.717) is 28.2 Å². The Kier molecular flexibility index (Phi) is 5.35. The van der Waals surface area contributed by atoms with Crippen molar-refractivity contribution in [1.29, 1.82) is 0 Å². The van der Waals surface area contributed by atoms with Gasteiger partial charge < -0.3 is 19.2 Å². The first-order chi connectivity index (χ1) is 13.2. The van der Waals surface area contributed by atoms with Gasteiger partial charge >= 0.3 is 7.12 Å². The van der Waals surface area contributed by atoms with Crippen molar-refractivity contribution in [2.45, 2.75) is 72.2 Å². The van der Waals surface area contributed by atoms with Crippen molar-refractivity contribution in [3.8, 4) is 11.5 Å². The predicted molar refractivity (Wildman–Crippen MR) is 113 cm³/mol. The third-order valence-electron chi connectivity index (χ3n) is 5.81. The molecular formula is C23H30BFO4. The highest BCUT2D eigenvalue weighted by atomic mass is 19.1. The summed E-state index contributed by atoms with van der Waals surface area (Å²) in [5.74, 6) is 0.835. The van der Waals surface area contributed by atoms with E-state index >= 15 is 0 Å². The molecule has 29 heavy (non-hydrogen) atoms. The summed E-state index contributed by atoms with van der Waals surface area (Å²) in [6, 6.07) is 8.39. The van der Waals surface area contributed by atoms with Gasteiger partial charge in [-0.05, 0) is 102 Å². The number of hydrogen-bond acceptors (Lipinski definition) is 4. The summed E-state index contributed by atoms with van der Waals surface area (Å²) >= 11 is 0. The van der Waals surface area contributed by atoms with Crippen LogP contribution in [0.2, 0.25) is 0 Å². The Morgan fingerprint density at radius 1 is 0.931 bits per heavy atom. The van der Waals surface area contributed by atoms with E-state index in [-0.39, 0.29) is 5.82 Å². The highest BCUT2D eigenvalue weighted by Crippen LogP contribution is 2.38. The molecule has 1 heterocycles. The second-order valence-electron chi connectivity index (χ2n) is 9.41. The smallest absolute Gasteiger partial charge is 0.457 e. The molecule has 156 valence electrons. The van der Waals surface area contributed by atoms with Crippen LogP contribution in [0, 0.1) is 19.7 Å². The van der Waals surface area contributed by atoms with Crippen LogP contribution in [0.3, 0.4) is 0 Å². The van der Waals surface area contributed by atoms with Crippen molar-refractivity contribution < 1.29 is 23.5 Å². The SMILES string of the molecule is Cc1cc(F)cc(C)c1Oc1cc(B2OC(C)(C)C(C)(C)O2)cc(C(C)(C)O)c1. The van der Waals surface area contributed by atoms with Crippen molar-refractivity contribution in [3.63, 3.8) is 0 Å². The molecule has 3 rings (SSSR count). The highest BCUT2D eigenvalue weighted by Gasteiger charge is 2.52. The van der Waals surface area contributed by atoms with Gasteiger partial charge in [0.25, 0.3) is 0 Å². The molecule has 0 amide bonds. The lowest BCUT2D eigenvalue weighted by Gasteiger charge is -2.32. The second-order valence-corrected chi connectivity index (χ2v) is 9.41. The van der Waals surface area contributed by atoms with Crippen molar-refractivity contribution in [2.24, 2.45) is 0 Å². The summed E-state index contributed by atoms with van der Waals surface area (Å²) < 4.78 is 32.2. The molecule has 1 aliphatic heterocycles. The predicted octanol–water partition coefficient (Wildman–Crippen LogP) is 4.76. The lowest BCUT2D eigenvalue weighted by atomic mass is 9.77. The second kappa shape index (κ2) is 7.12. The lowest BCUT2D eigenvalue weighted by Crippen LogP contribution is -2.41. The van der Waals surface area contributed by atoms with Gasteiger partial charge in [0.2, 0.25) is 0 Å². The molecule has 4 nitrogen and oxygen atoms in total. The molecule has 0 aliphatic carbocycles. The summed E-state index contributed by atoms with van der Waals surface area (Å²) in [6.45, 7) is 15.0. The number of hydrogen-bond donors (Lipinski definition) is 1. The van der Waals surface area contributed by atoms with Crippen LogP contribution >= 0.6 is 0 Å². The monoisotopic (exact) mass is 400 g/mol. The summed E-state index contributed by atoms with van der Waals surface area (Å²) in [5, 5.41) is 10.6. The van der Waals surface area contributed by atoms with Crippen molar-refractivity contribution in [1.82, 2.24) is 0 Å². The molecule has 2 aromatic carbocycles. The third-order valence-corrected chi connectivity index (χ3v) is 5.81. The molecule has 1 N–H and O–H groups in total. The minimum atomic E-state index is -1.08. The van der Waals surface area contributed by atoms with Crippen LogP contribution < -0.4 is 10.2 Å². The van der Waals surface area contributed by atoms with E-state index in [1.54, 1.807) is 33.8 Å². The van der Waals surface area contributed by atoms with Crippen LogP contribution in [0.15, 0.2) is 30.3 Å². The quantitative estimate of drug-likeness (QED) is 0.752. The first kappa shape index (κ1) is 21.8. The Morgan fingerprint density at radius 2 is 1.45 bits per heavy atom. The standard InChI is InChI=1S/C23H30BFO4/c1-14-9-18(25)10-15(2)20(14)27-19-12-16(21(3,4)26)11-17(13-19)24-28-22(5,6)23(7,8)29-24/h9-13,26H,1-8H3. The van der Waals surface area contributed by atoms with E-state index in [4.69, 9.17) is 14.0 Å². The van der Waals surface area contributed by atoms with E-state index < -0.39 is 23.9 Å². The Bertz CT molecular complexity index is 892. The van der Waals surface area contributed by atoms with Crippen LogP contribution in [-0.4, -0.2) is 23.4 Å². The van der Waals surface area contributed by atoms with E-state index in [0.717, 1.165) is 5.46 Å². The highest BCUT2D eigenvalue weighted by molar-refractivity contribution is 6.62. The maximum Gasteiger partial charge on any atom is 0.494 e. The van der Waals surface area contributed by atoms with E-state index in [2.05, 4.69) is 0 Å². The Balaban J connectivity index is 2.04. The Hall–Kier alpha value is -1.89. The molecule has 1 saturated heterocycles. The third kappa shape index (κ3) is 4.35. The average molecular weight is 400 g/mol. The summed E-state index contributed by atoms with van der Waals surface area (Å²) in [6.07, 6.45) is 0. The van der Waals surface area contributed by atoms with Gasteiger partial charge in [0.1, 0.15) is 17.3 Å². The van der Waals surface area contributed by atoms with Crippen molar-refractivity contribution in [2.75, 3.05) is 0 Å². The molecule has 0 saturated carbocycles. The Morgan fingerprint density at radius 3 is 1.93 bits per heavy atom. The van der Waals surface area contributed by atoms with Crippen molar-refractivity contribution >= 4 is 12.6 Å². The van der Waals surface area contributed by atoms with Gasteiger partial charge in [-0.3, -0.25) is 0 Å². The van der Waals surface area contributed by atoms with Gasteiger partial charge in [0, 0.05) is 0 Å². The fourth-order valence-electron chi connectivity index (χ4n) is 3.33. The minimum Gasteiger partial charge on any atom is -0.457 e. The van der Waals surface area contributed by atoms with E-state index in [9.17, 15) is 9.50 Å². The number of ether oxygens (including phenoxy) is 1. The fraction of sp³-hybridized carbons (Fsp3) is 0.478. The van der Waals surface area contributed by atoms with Crippen LogP contribution in [0.4, 0.5) is 4.39 Å². The fourth-order valence-corrected chi connectivity index (χ4v) is 3.33.